The first-order valence-corrected chi connectivity index (χ1v) is 16.9. The van der Waals surface area contributed by atoms with Crippen LogP contribution in [0.2, 0.25) is 5.02 Å². The highest BCUT2D eigenvalue weighted by Gasteiger charge is 2.40. The number of amides is 1. The third-order valence-corrected chi connectivity index (χ3v) is 9.36. The Bertz CT molecular complexity index is 2150. The van der Waals surface area contributed by atoms with Crippen LogP contribution in [0.3, 0.4) is 0 Å². The summed E-state index contributed by atoms with van der Waals surface area (Å²) in [6, 6.07) is 7.68. The van der Waals surface area contributed by atoms with Crippen molar-refractivity contribution in [2.24, 2.45) is 0 Å². The number of likely N-dealkylation sites (tertiary alicyclic amines) is 1. The third kappa shape index (κ3) is 8.09. The van der Waals surface area contributed by atoms with E-state index in [9.17, 15) is 45.1 Å². The topological polar surface area (TPSA) is 89.9 Å². The fraction of sp³-hybridized carbons (Fsp3) is 0.324. The standard InChI is InChI=1S/C37H30ClF8N3O5/c1-2-53-31(51)15-28-24-12-21(13-26(33(24)40)37(44,45)46)32-27(38)7-4-8-29(32)54-23-6-3-5-19(11-23)34(35(52)47-28)49-16-20(9-10-48-17-22(39)18-48)25(14-30(49)50)36(41,42)43/h3-8,11-14,16,22,28,34H,2,9-10,15,17-18H2,1H3,(H,47,52)/t28-,34?/m0/s1. The number of fused-ring (bicyclic) bond motifs is 6. The lowest BCUT2D eigenvalue weighted by molar-refractivity contribution is -0.144. The molecule has 286 valence electrons. The maximum atomic E-state index is 16.1. The molecular formula is C37H30ClF8N3O5. The van der Waals surface area contributed by atoms with Crippen LogP contribution >= 0.6 is 11.6 Å². The summed E-state index contributed by atoms with van der Waals surface area (Å²) < 4.78 is 127. The number of alkyl halides is 7. The van der Waals surface area contributed by atoms with E-state index in [2.05, 4.69) is 5.32 Å². The van der Waals surface area contributed by atoms with E-state index in [4.69, 9.17) is 21.1 Å². The number of ether oxygens (including phenoxy) is 2. The Hall–Kier alpha value is -4.96. The molecule has 1 saturated heterocycles. The minimum Gasteiger partial charge on any atom is -0.466 e. The summed E-state index contributed by atoms with van der Waals surface area (Å²) in [4.78, 5) is 42.4. The second-order valence-electron chi connectivity index (χ2n) is 12.7. The average Bonchev–Trinajstić information content (AvgIpc) is 3.06. The number of nitrogens with zero attached hydrogens (tertiary/aromatic N) is 2. The van der Waals surface area contributed by atoms with Gasteiger partial charge in [0, 0.05) is 43.0 Å². The number of halogens is 9. The number of hydrogen-bond donors (Lipinski definition) is 1. The number of carbonyl (C=O) groups is 2. The molecule has 6 rings (SSSR count). The number of hydrogen-bond acceptors (Lipinski definition) is 6. The normalized spacial score (nSPS) is 17.9. The molecule has 1 amide bonds. The molecular weight excluding hydrogens is 754 g/mol. The number of esters is 1. The lowest BCUT2D eigenvalue weighted by Crippen LogP contribution is -2.49. The van der Waals surface area contributed by atoms with Crippen molar-refractivity contribution in [2.45, 2.75) is 50.4 Å². The van der Waals surface area contributed by atoms with E-state index in [1.807, 2.05) is 0 Å². The zero-order valence-corrected chi connectivity index (χ0v) is 28.9. The molecule has 17 heteroatoms. The lowest BCUT2D eigenvalue weighted by atomic mass is 9.93. The maximum absolute atomic E-state index is 16.1. The largest absolute Gasteiger partial charge is 0.466 e. The molecule has 4 aromatic rings. The number of carbonyl (C=O) groups excluding carboxylic acids is 2. The highest BCUT2D eigenvalue weighted by molar-refractivity contribution is 6.33. The fourth-order valence-electron chi connectivity index (χ4n) is 6.53. The molecule has 3 aromatic carbocycles. The molecule has 54 heavy (non-hydrogen) atoms. The summed E-state index contributed by atoms with van der Waals surface area (Å²) in [5.41, 5.74) is -5.98. The van der Waals surface area contributed by atoms with E-state index in [0.29, 0.717) is 16.7 Å². The van der Waals surface area contributed by atoms with Gasteiger partial charge in [-0.3, -0.25) is 23.9 Å². The van der Waals surface area contributed by atoms with Crippen LogP contribution in [0.5, 0.6) is 11.5 Å². The zero-order chi connectivity index (χ0) is 39.1. The molecule has 1 fully saturated rings. The van der Waals surface area contributed by atoms with Gasteiger partial charge in [-0.1, -0.05) is 29.8 Å². The molecule has 1 N–H and O–H groups in total. The van der Waals surface area contributed by atoms with Crippen LogP contribution in [0.4, 0.5) is 35.1 Å². The molecule has 1 unspecified atom stereocenters. The van der Waals surface area contributed by atoms with Gasteiger partial charge < -0.3 is 14.8 Å². The van der Waals surface area contributed by atoms with Crippen molar-refractivity contribution in [1.82, 2.24) is 14.8 Å². The first-order chi connectivity index (χ1) is 25.4. The van der Waals surface area contributed by atoms with Crippen LogP contribution in [0.25, 0.3) is 11.1 Å². The number of benzene rings is 3. The summed E-state index contributed by atoms with van der Waals surface area (Å²) in [5, 5.41) is 2.28. The Kier molecular flexibility index (Phi) is 10.8. The van der Waals surface area contributed by atoms with Gasteiger partial charge >= 0.3 is 18.3 Å². The molecule has 3 heterocycles. The molecule has 0 spiro atoms. The van der Waals surface area contributed by atoms with Crippen molar-refractivity contribution in [1.29, 1.82) is 0 Å². The monoisotopic (exact) mass is 783 g/mol. The molecule has 2 aliphatic rings. The fourth-order valence-corrected chi connectivity index (χ4v) is 6.81. The first-order valence-electron chi connectivity index (χ1n) is 16.6. The molecule has 2 aliphatic heterocycles. The van der Waals surface area contributed by atoms with E-state index in [0.717, 1.165) is 12.3 Å². The van der Waals surface area contributed by atoms with Gasteiger partial charge in [-0.25, -0.2) is 8.78 Å². The predicted molar refractivity (Wildman–Crippen MR) is 179 cm³/mol. The van der Waals surface area contributed by atoms with Gasteiger partial charge in [-0.05, 0) is 66.4 Å². The molecule has 0 aliphatic carbocycles. The smallest absolute Gasteiger partial charge is 0.419 e. The molecule has 8 nitrogen and oxygen atoms in total. The minimum atomic E-state index is -5.29. The summed E-state index contributed by atoms with van der Waals surface area (Å²) in [6.07, 6.45) is -11.8. The van der Waals surface area contributed by atoms with Crippen LogP contribution in [-0.4, -0.2) is 53.8 Å². The van der Waals surface area contributed by atoms with Crippen LogP contribution in [-0.2, 0) is 33.1 Å². The third-order valence-electron chi connectivity index (χ3n) is 9.04. The maximum Gasteiger partial charge on any atom is 0.419 e. The molecule has 0 radical (unpaired) electrons. The molecule has 0 saturated carbocycles. The quantitative estimate of drug-likeness (QED) is 0.151. The summed E-state index contributed by atoms with van der Waals surface area (Å²) in [6.45, 7) is 1.26. The summed E-state index contributed by atoms with van der Waals surface area (Å²) >= 11 is 6.50. The Morgan fingerprint density at radius 2 is 1.69 bits per heavy atom. The van der Waals surface area contributed by atoms with Crippen LogP contribution in [0.1, 0.15) is 53.2 Å². The second-order valence-corrected chi connectivity index (χ2v) is 13.2. The van der Waals surface area contributed by atoms with Crippen molar-refractivity contribution < 1.29 is 54.2 Å². The first kappa shape index (κ1) is 38.8. The van der Waals surface area contributed by atoms with E-state index >= 15 is 4.39 Å². The molecule has 4 bridgehead atoms. The van der Waals surface area contributed by atoms with E-state index in [1.165, 1.54) is 49.4 Å². The van der Waals surface area contributed by atoms with Gasteiger partial charge in [0.05, 0.1) is 35.2 Å². The SMILES string of the molecule is CCOC(=O)C[C@@H]1NC(=O)C(n2cc(CCN3CC(F)C3)c(C(F)(F)F)cc2=O)c2cccc(c2)Oc2cccc(Cl)c2-c2cc1c(F)c(C(F)(F)F)c2. The summed E-state index contributed by atoms with van der Waals surface area (Å²) in [7, 11) is 0. The predicted octanol–water partition coefficient (Wildman–Crippen LogP) is 8.05. The minimum absolute atomic E-state index is 0.00280. The van der Waals surface area contributed by atoms with Crippen molar-refractivity contribution >= 4 is 23.5 Å². The van der Waals surface area contributed by atoms with E-state index in [-0.39, 0.29) is 65.9 Å². The highest BCUT2D eigenvalue weighted by Crippen LogP contribution is 2.44. The Morgan fingerprint density at radius 1 is 0.981 bits per heavy atom. The Labute approximate surface area is 307 Å². The molecule has 2 atom stereocenters. The van der Waals surface area contributed by atoms with Crippen LogP contribution < -0.4 is 15.6 Å². The Balaban J connectivity index is 1.59. The van der Waals surface area contributed by atoms with Gasteiger partial charge in [-0.15, -0.1) is 0 Å². The van der Waals surface area contributed by atoms with Crippen molar-refractivity contribution in [2.75, 3.05) is 26.2 Å². The van der Waals surface area contributed by atoms with E-state index in [1.54, 1.807) is 4.90 Å². The second kappa shape index (κ2) is 15.1. The number of nitrogens with one attached hydrogen (secondary N) is 1. The number of rotatable bonds is 7. The van der Waals surface area contributed by atoms with Gasteiger partial charge in [0.1, 0.15) is 29.5 Å². The average molecular weight is 784 g/mol. The van der Waals surface area contributed by atoms with Gasteiger partial charge in [0.15, 0.2) is 0 Å². The van der Waals surface area contributed by atoms with E-state index < -0.39 is 82.5 Å². The Morgan fingerprint density at radius 3 is 2.35 bits per heavy atom. The molecule has 1 aromatic heterocycles. The van der Waals surface area contributed by atoms with Crippen molar-refractivity contribution in [3.63, 3.8) is 0 Å². The number of aromatic nitrogens is 1. The van der Waals surface area contributed by atoms with Gasteiger partial charge in [0.2, 0.25) is 5.91 Å². The van der Waals surface area contributed by atoms with Gasteiger partial charge in [-0.2, -0.15) is 26.3 Å². The van der Waals surface area contributed by atoms with Crippen LogP contribution in [0.15, 0.2) is 71.7 Å². The zero-order valence-electron chi connectivity index (χ0n) is 28.2. The summed E-state index contributed by atoms with van der Waals surface area (Å²) in [5.74, 6) is -4.20. The van der Waals surface area contributed by atoms with Crippen LogP contribution in [0, 0.1) is 5.82 Å². The van der Waals surface area contributed by atoms with Crippen molar-refractivity contribution in [3.05, 3.63) is 116 Å². The number of pyridine rings is 1. The van der Waals surface area contributed by atoms with Gasteiger partial charge in [0.25, 0.3) is 5.56 Å². The van der Waals surface area contributed by atoms with Crippen molar-refractivity contribution in [3.8, 4) is 22.6 Å². The highest BCUT2D eigenvalue weighted by atomic mass is 35.5. The lowest BCUT2D eigenvalue weighted by Gasteiger charge is -2.34.